The Morgan fingerprint density at radius 2 is 0.724 bits per heavy atom. The predicted molar refractivity (Wildman–Crippen MR) is 316 cm³/mol. The average molecular weight is 974 g/mol. The van der Waals surface area contributed by atoms with Crippen molar-refractivity contribution in [2.45, 2.75) is 20.8 Å². The standard InChI is InChI=1S/C72H51N3O/c1-46-36-38-73-69(40-46)53-29-23-50(24-30-53)61-13-5-8-16-64(61)57-41-56(63-15-7-4-12-60(63)49-21-27-52(28-22-49)68-35-20-47(2)45-75-68)42-58(43-57)65-17-9-6-14-62(65)51-25-31-54(32-26-51)70-44-55(37-39-74-70)59-33-34-67-66-18-10-11-19-71(66)76-72(67)48(59)3/h4-45H,1-3H3. The van der Waals surface area contributed by atoms with E-state index >= 15 is 0 Å². The lowest BCUT2D eigenvalue weighted by Gasteiger charge is -2.18. The van der Waals surface area contributed by atoms with Gasteiger partial charge in [-0.05, 0) is 170 Å². The number of hydrogen-bond acceptors (Lipinski definition) is 4. The smallest absolute Gasteiger partial charge is 0.138 e. The molecule has 0 bridgehead atoms. The minimum atomic E-state index is 0.905. The summed E-state index contributed by atoms with van der Waals surface area (Å²) < 4.78 is 6.38. The fourth-order valence-corrected chi connectivity index (χ4v) is 10.8. The molecule has 76 heavy (non-hydrogen) atoms. The highest BCUT2D eigenvalue weighted by atomic mass is 16.3. The van der Waals surface area contributed by atoms with Gasteiger partial charge in [0.1, 0.15) is 11.2 Å². The third-order valence-corrected chi connectivity index (χ3v) is 14.8. The molecule has 0 aliphatic rings. The van der Waals surface area contributed by atoms with Gasteiger partial charge >= 0.3 is 0 Å². The van der Waals surface area contributed by atoms with Crippen LogP contribution in [0.25, 0.3) is 134 Å². The first kappa shape index (κ1) is 46.0. The third-order valence-electron chi connectivity index (χ3n) is 14.8. The number of hydrogen-bond donors (Lipinski definition) is 0. The molecular weight excluding hydrogens is 923 g/mol. The fourth-order valence-electron chi connectivity index (χ4n) is 10.8. The van der Waals surface area contributed by atoms with Crippen molar-refractivity contribution in [1.29, 1.82) is 0 Å². The number of aryl methyl sites for hydroxylation is 3. The molecule has 0 radical (unpaired) electrons. The molecule has 13 aromatic rings. The molecular formula is C72H51N3O. The molecule has 0 amide bonds. The van der Waals surface area contributed by atoms with Crippen LogP contribution in [0, 0.1) is 20.8 Å². The van der Waals surface area contributed by atoms with Crippen LogP contribution in [0.4, 0.5) is 0 Å². The highest BCUT2D eigenvalue weighted by Gasteiger charge is 2.18. The molecule has 0 unspecified atom stereocenters. The van der Waals surface area contributed by atoms with Gasteiger partial charge in [0, 0.05) is 51.6 Å². The number of nitrogens with zero attached hydrogens (tertiary/aromatic N) is 3. The number of furan rings is 1. The van der Waals surface area contributed by atoms with Gasteiger partial charge in [-0.15, -0.1) is 0 Å². The van der Waals surface area contributed by atoms with Crippen molar-refractivity contribution in [3.63, 3.8) is 0 Å². The second-order valence-electron chi connectivity index (χ2n) is 19.7. The molecule has 360 valence electrons. The van der Waals surface area contributed by atoms with Gasteiger partial charge in [-0.2, -0.15) is 0 Å². The number of pyridine rings is 3. The van der Waals surface area contributed by atoms with Crippen LogP contribution in [-0.4, -0.2) is 15.0 Å². The van der Waals surface area contributed by atoms with E-state index in [1.54, 1.807) is 0 Å². The Kier molecular flexibility index (Phi) is 11.9. The predicted octanol–water partition coefficient (Wildman–Crippen LogP) is 19.4. The topological polar surface area (TPSA) is 51.8 Å². The second kappa shape index (κ2) is 19.6. The van der Waals surface area contributed by atoms with E-state index in [0.717, 1.165) is 145 Å². The maximum Gasteiger partial charge on any atom is 0.138 e. The lowest BCUT2D eigenvalue weighted by atomic mass is 9.86. The monoisotopic (exact) mass is 973 g/mol. The molecule has 13 rings (SSSR count). The quantitative estimate of drug-likeness (QED) is 0.137. The number of rotatable bonds is 10. The number of fused-ring (bicyclic) bond motifs is 3. The minimum absolute atomic E-state index is 0.905. The minimum Gasteiger partial charge on any atom is -0.456 e. The summed E-state index contributed by atoms with van der Waals surface area (Å²) in [4.78, 5) is 14.3. The van der Waals surface area contributed by atoms with Crippen molar-refractivity contribution in [1.82, 2.24) is 15.0 Å². The van der Waals surface area contributed by atoms with Crippen LogP contribution in [0.5, 0.6) is 0 Å². The van der Waals surface area contributed by atoms with E-state index in [0.29, 0.717) is 0 Å². The fraction of sp³-hybridized carbons (Fsp3) is 0.0417. The summed E-state index contributed by atoms with van der Waals surface area (Å²) in [5.74, 6) is 0. The zero-order valence-electron chi connectivity index (χ0n) is 42.5. The molecule has 0 atom stereocenters. The summed E-state index contributed by atoms with van der Waals surface area (Å²) in [6, 6.07) is 85.2. The molecule has 0 fully saturated rings. The first-order chi connectivity index (χ1) is 37.4. The number of benzene rings is 9. The molecule has 0 aliphatic carbocycles. The first-order valence-electron chi connectivity index (χ1n) is 25.9. The lowest BCUT2D eigenvalue weighted by molar-refractivity contribution is 0.666. The second-order valence-corrected chi connectivity index (χ2v) is 19.7. The van der Waals surface area contributed by atoms with Crippen LogP contribution in [0.15, 0.2) is 260 Å². The summed E-state index contributed by atoms with van der Waals surface area (Å²) in [5.41, 5.74) is 27.3. The summed E-state index contributed by atoms with van der Waals surface area (Å²) in [7, 11) is 0. The number of para-hydroxylation sites is 1. The Hall–Kier alpha value is -9.77. The van der Waals surface area contributed by atoms with Gasteiger partial charge in [0.05, 0.1) is 17.1 Å². The maximum atomic E-state index is 6.38. The van der Waals surface area contributed by atoms with Crippen molar-refractivity contribution in [3.8, 4) is 112 Å². The zero-order valence-corrected chi connectivity index (χ0v) is 42.5. The van der Waals surface area contributed by atoms with Crippen molar-refractivity contribution < 1.29 is 4.42 Å². The summed E-state index contributed by atoms with van der Waals surface area (Å²) >= 11 is 0. The van der Waals surface area contributed by atoms with E-state index in [9.17, 15) is 0 Å². The van der Waals surface area contributed by atoms with E-state index in [1.807, 2.05) is 36.8 Å². The van der Waals surface area contributed by atoms with E-state index in [2.05, 4.69) is 244 Å². The SMILES string of the molecule is Cc1ccc(-c2ccc(-c3ccccc3-c3cc(-c4ccccc4-c4ccc(-c5cc(C)ccn5)cc4)cc(-c4ccccc4-c4ccc(-c5cc(-c6ccc7c(oc8ccccc87)c6C)ccn5)cc4)c3)cc2)nc1. The molecule has 4 heteroatoms. The highest BCUT2D eigenvalue weighted by molar-refractivity contribution is 6.07. The molecule has 0 saturated heterocycles. The summed E-state index contributed by atoms with van der Waals surface area (Å²) in [6.07, 6.45) is 5.72. The number of aromatic nitrogens is 3. The van der Waals surface area contributed by atoms with Crippen LogP contribution in [0.1, 0.15) is 16.7 Å². The summed E-state index contributed by atoms with van der Waals surface area (Å²) in [5, 5.41) is 2.27. The van der Waals surface area contributed by atoms with Gasteiger partial charge in [0.2, 0.25) is 0 Å². The van der Waals surface area contributed by atoms with Gasteiger partial charge in [-0.3, -0.25) is 15.0 Å². The first-order valence-corrected chi connectivity index (χ1v) is 25.9. The molecule has 4 heterocycles. The molecule has 0 aliphatic heterocycles. The summed E-state index contributed by atoms with van der Waals surface area (Å²) in [6.45, 7) is 6.32. The molecule has 4 nitrogen and oxygen atoms in total. The van der Waals surface area contributed by atoms with Gasteiger partial charge in [-0.25, -0.2) is 0 Å². The zero-order chi connectivity index (χ0) is 51.1. The highest BCUT2D eigenvalue weighted by Crippen LogP contribution is 2.43. The van der Waals surface area contributed by atoms with Crippen LogP contribution in [-0.2, 0) is 0 Å². The van der Waals surface area contributed by atoms with Crippen molar-refractivity contribution >= 4 is 21.9 Å². The molecule has 0 spiro atoms. The molecule has 4 aromatic heterocycles. The van der Waals surface area contributed by atoms with E-state index in [4.69, 9.17) is 14.4 Å². The van der Waals surface area contributed by atoms with Crippen LogP contribution >= 0.6 is 0 Å². The Labute approximate surface area is 443 Å². The van der Waals surface area contributed by atoms with Crippen molar-refractivity contribution in [2.75, 3.05) is 0 Å². The lowest BCUT2D eigenvalue weighted by Crippen LogP contribution is -1.92. The average Bonchev–Trinajstić information content (AvgIpc) is 3.90. The van der Waals surface area contributed by atoms with Crippen molar-refractivity contribution in [2.24, 2.45) is 0 Å². The Bertz CT molecular complexity index is 4280. The van der Waals surface area contributed by atoms with Crippen molar-refractivity contribution in [3.05, 3.63) is 272 Å². The van der Waals surface area contributed by atoms with E-state index < -0.39 is 0 Å². The van der Waals surface area contributed by atoms with Gasteiger partial charge in [0.25, 0.3) is 0 Å². The van der Waals surface area contributed by atoms with Gasteiger partial charge in [-0.1, -0.05) is 176 Å². The Morgan fingerprint density at radius 3 is 1.22 bits per heavy atom. The maximum absolute atomic E-state index is 6.38. The van der Waals surface area contributed by atoms with Crippen LogP contribution in [0.2, 0.25) is 0 Å². The van der Waals surface area contributed by atoms with Gasteiger partial charge < -0.3 is 4.42 Å². The third kappa shape index (κ3) is 8.76. The Morgan fingerprint density at radius 1 is 0.276 bits per heavy atom. The largest absolute Gasteiger partial charge is 0.456 e. The molecule has 9 aromatic carbocycles. The van der Waals surface area contributed by atoms with Crippen LogP contribution < -0.4 is 0 Å². The molecule has 0 saturated carbocycles. The van der Waals surface area contributed by atoms with Gasteiger partial charge in [0.15, 0.2) is 0 Å². The van der Waals surface area contributed by atoms with E-state index in [1.165, 1.54) is 5.56 Å². The van der Waals surface area contributed by atoms with E-state index in [-0.39, 0.29) is 0 Å². The normalized spacial score (nSPS) is 11.4. The molecule has 0 N–H and O–H groups in total. The Balaban J connectivity index is 0.896. The van der Waals surface area contributed by atoms with Crippen LogP contribution in [0.3, 0.4) is 0 Å².